The smallest absolute Gasteiger partial charge is 0.340 e. The molecule has 3 N–H and O–H groups in total. The zero-order valence-corrected chi connectivity index (χ0v) is 25.1. The number of likely N-dealkylation sites (tertiary alicyclic amines) is 1. The molecule has 9 nitrogen and oxygen atoms in total. The molecule has 228 valence electrons. The SMILES string of the molecule is Cc1ccccc1C1CN(C(=O)[C@@H]2CC[C@@H]3CCC[C@H](NC(=O)c4cc5cc(C(F)(F)P(=O)(O)O)ccc5s4)C(=O)N32)C1. The molecule has 43 heavy (non-hydrogen) atoms. The zero-order valence-electron chi connectivity index (χ0n) is 23.4. The van der Waals surface area contributed by atoms with Gasteiger partial charge < -0.3 is 24.9 Å². The second-order valence-electron chi connectivity index (χ2n) is 11.7. The van der Waals surface area contributed by atoms with Gasteiger partial charge in [-0.1, -0.05) is 30.3 Å². The second kappa shape index (κ2) is 11.1. The van der Waals surface area contributed by atoms with Crippen LogP contribution in [-0.4, -0.2) is 68.5 Å². The van der Waals surface area contributed by atoms with Crippen molar-refractivity contribution in [2.45, 2.75) is 68.7 Å². The topological polar surface area (TPSA) is 127 Å². The Morgan fingerprint density at radius 2 is 1.79 bits per heavy atom. The van der Waals surface area contributed by atoms with E-state index in [-0.39, 0.29) is 34.0 Å². The van der Waals surface area contributed by atoms with Gasteiger partial charge in [0.25, 0.3) is 5.91 Å². The van der Waals surface area contributed by atoms with E-state index >= 15 is 0 Å². The van der Waals surface area contributed by atoms with Crippen molar-refractivity contribution in [1.29, 1.82) is 0 Å². The summed E-state index contributed by atoms with van der Waals surface area (Å²) in [5.74, 6) is -0.616. The molecule has 2 aromatic carbocycles. The molecule has 13 heteroatoms. The van der Waals surface area contributed by atoms with Crippen molar-refractivity contribution in [1.82, 2.24) is 15.1 Å². The Balaban J connectivity index is 1.15. The molecule has 0 saturated carbocycles. The number of hydrogen-bond donors (Lipinski definition) is 3. The molecule has 0 unspecified atom stereocenters. The molecule has 3 fully saturated rings. The second-order valence-corrected chi connectivity index (χ2v) is 14.4. The molecular weight excluding hydrogens is 599 g/mol. The van der Waals surface area contributed by atoms with Gasteiger partial charge in [-0.15, -0.1) is 11.3 Å². The first kappa shape index (κ1) is 29.9. The van der Waals surface area contributed by atoms with E-state index in [1.165, 1.54) is 23.3 Å². The highest BCUT2D eigenvalue weighted by molar-refractivity contribution is 7.52. The summed E-state index contributed by atoms with van der Waals surface area (Å²) in [5, 5.41) is 3.03. The number of hydrogen-bond acceptors (Lipinski definition) is 5. The number of halogens is 2. The maximum atomic E-state index is 14.2. The van der Waals surface area contributed by atoms with Crippen molar-refractivity contribution < 1.29 is 37.5 Å². The van der Waals surface area contributed by atoms with Crippen LogP contribution in [0.2, 0.25) is 0 Å². The van der Waals surface area contributed by atoms with E-state index in [1.807, 2.05) is 17.0 Å². The molecule has 4 heterocycles. The summed E-state index contributed by atoms with van der Waals surface area (Å²) in [6, 6.07) is 11.2. The number of nitrogens with zero attached hydrogens (tertiary/aromatic N) is 2. The minimum atomic E-state index is -5.74. The van der Waals surface area contributed by atoms with Crippen molar-refractivity contribution in [2.75, 3.05) is 13.1 Å². The number of alkyl halides is 2. The van der Waals surface area contributed by atoms with Crippen LogP contribution in [0.15, 0.2) is 48.5 Å². The first-order valence-corrected chi connectivity index (χ1v) is 16.7. The average molecular weight is 632 g/mol. The van der Waals surface area contributed by atoms with Crippen molar-refractivity contribution in [3.63, 3.8) is 0 Å². The highest BCUT2D eigenvalue weighted by Gasteiger charge is 2.50. The van der Waals surface area contributed by atoms with E-state index in [0.29, 0.717) is 37.1 Å². The zero-order chi connectivity index (χ0) is 30.7. The van der Waals surface area contributed by atoms with E-state index in [4.69, 9.17) is 9.79 Å². The van der Waals surface area contributed by atoms with Gasteiger partial charge in [0.05, 0.1) is 4.88 Å². The molecule has 3 amide bonds. The van der Waals surface area contributed by atoms with E-state index < -0.39 is 36.8 Å². The van der Waals surface area contributed by atoms with Crippen LogP contribution in [0.1, 0.15) is 64.4 Å². The number of amides is 3. The van der Waals surface area contributed by atoms with Crippen molar-refractivity contribution in [3.8, 4) is 0 Å². The summed E-state index contributed by atoms with van der Waals surface area (Å²) < 4.78 is 40.2. The number of nitrogens with one attached hydrogen (secondary N) is 1. The van der Waals surface area contributed by atoms with Crippen molar-refractivity contribution in [3.05, 3.63) is 70.1 Å². The molecular formula is C30H32F2N3O6PS. The lowest BCUT2D eigenvalue weighted by atomic mass is 9.88. The van der Waals surface area contributed by atoms with Crippen LogP contribution in [0.5, 0.6) is 0 Å². The van der Waals surface area contributed by atoms with Crippen LogP contribution in [0.3, 0.4) is 0 Å². The number of carbonyl (C=O) groups is 3. The van der Waals surface area contributed by atoms with Crippen LogP contribution in [0, 0.1) is 6.92 Å². The van der Waals surface area contributed by atoms with E-state index in [2.05, 4.69) is 24.4 Å². The number of fused-ring (bicyclic) bond motifs is 2. The summed E-state index contributed by atoms with van der Waals surface area (Å²) in [7, 11) is -5.74. The van der Waals surface area contributed by atoms with Gasteiger partial charge in [0.15, 0.2) is 0 Å². The normalized spacial score (nSPS) is 23.2. The monoisotopic (exact) mass is 631 g/mol. The Morgan fingerprint density at radius 1 is 1.05 bits per heavy atom. The molecule has 3 saturated heterocycles. The first-order chi connectivity index (χ1) is 20.3. The molecule has 0 spiro atoms. The molecule has 0 radical (unpaired) electrons. The molecule has 6 rings (SSSR count). The lowest BCUT2D eigenvalue weighted by Crippen LogP contribution is -2.58. The van der Waals surface area contributed by atoms with E-state index in [1.54, 1.807) is 4.90 Å². The molecule has 3 atom stereocenters. The van der Waals surface area contributed by atoms with Crippen LogP contribution in [0.4, 0.5) is 8.78 Å². The van der Waals surface area contributed by atoms with E-state index in [0.717, 1.165) is 36.3 Å². The molecule has 0 aliphatic carbocycles. The van der Waals surface area contributed by atoms with Gasteiger partial charge in [-0.05, 0) is 73.7 Å². The lowest BCUT2D eigenvalue weighted by molar-refractivity contribution is -0.148. The standard InChI is InChI=1S/C30H32F2N3O6PS/c1-17-5-2-3-7-22(17)19-15-34(16-19)29(38)24-11-10-21-6-4-8-23(28(37)35(21)24)33-27(36)26-14-18-13-20(9-12-25(18)43-26)30(31,32)42(39,40)41/h2-3,5,7,9,12-14,19,21,23-24H,4,6,8,10-11,15-16H2,1H3,(H,33,36)(H2,39,40,41)/t21-,23-,24-/m0/s1. The summed E-state index contributed by atoms with van der Waals surface area (Å²) in [6.45, 7) is 3.29. The van der Waals surface area contributed by atoms with Crippen molar-refractivity contribution >= 4 is 46.7 Å². The Bertz CT molecular complexity index is 1650. The molecule has 3 aliphatic rings. The predicted molar refractivity (Wildman–Crippen MR) is 157 cm³/mol. The minimum Gasteiger partial charge on any atom is -0.340 e. The summed E-state index contributed by atoms with van der Waals surface area (Å²) in [6.07, 6.45) is 3.18. The van der Waals surface area contributed by atoms with Crippen molar-refractivity contribution in [2.24, 2.45) is 0 Å². The third-order valence-electron chi connectivity index (χ3n) is 8.95. The lowest BCUT2D eigenvalue weighted by Gasteiger charge is -2.43. The summed E-state index contributed by atoms with van der Waals surface area (Å²) in [5.41, 5.74) is -2.78. The number of carbonyl (C=O) groups excluding carboxylic acids is 3. The number of benzene rings is 2. The third-order valence-corrected chi connectivity index (χ3v) is 11.1. The Labute approximate surface area is 251 Å². The molecule has 0 bridgehead atoms. The van der Waals surface area contributed by atoms with Gasteiger partial charge in [-0.3, -0.25) is 18.9 Å². The van der Waals surface area contributed by atoms with Gasteiger partial charge in [-0.25, -0.2) is 0 Å². The average Bonchev–Trinajstić information content (AvgIpc) is 3.52. The van der Waals surface area contributed by atoms with Gasteiger partial charge >= 0.3 is 13.3 Å². The molecule has 1 aromatic heterocycles. The quantitative estimate of drug-likeness (QED) is 0.339. The highest BCUT2D eigenvalue weighted by atomic mass is 32.1. The fraction of sp³-hybridized carbons (Fsp3) is 0.433. The first-order valence-electron chi connectivity index (χ1n) is 14.3. The van der Waals surface area contributed by atoms with E-state index in [9.17, 15) is 27.7 Å². The van der Waals surface area contributed by atoms with Gasteiger partial charge in [0.2, 0.25) is 11.8 Å². The highest BCUT2D eigenvalue weighted by Crippen LogP contribution is 2.59. The maximum Gasteiger partial charge on any atom is 0.399 e. The van der Waals surface area contributed by atoms with Crippen LogP contribution in [-0.2, 0) is 19.8 Å². The number of aryl methyl sites for hydroxylation is 1. The minimum absolute atomic E-state index is 0.0555. The Hall–Kier alpha value is -3.18. The largest absolute Gasteiger partial charge is 0.399 e. The maximum absolute atomic E-state index is 14.2. The van der Waals surface area contributed by atoms with Crippen LogP contribution >= 0.6 is 18.9 Å². The predicted octanol–water partition coefficient (Wildman–Crippen LogP) is 4.70. The number of rotatable bonds is 6. The summed E-state index contributed by atoms with van der Waals surface area (Å²) in [4.78, 5) is 62.4. The third kappa shape index (κ3) is 5.39. The fourth-order valence-electron chi connectivity index (χ4n) is 6.59. The summed E-state index contributed by atoms with van der Waals surface area (Å²) >= 11 is 1.03. The van der Waals surface area contributed by atoms with Crippen LogP contribution < -0.4 is 5.32 Å². The Morgan fingerprint density at radius 3 is 2.51 bits per heavy atom. The fourth-order valence-corrected chi connectivity index (χ4v) is 8.01. The number of thiophene rings is 1. The van der Waals surface area contributed by atoms with Crippen LogP contribution in [0.25, 0.3) is 10.1 Å². The van der Waals surface area contributed by atoms with Gasteiger partial charge in [0.1, 0.15) is 12.1 Å². The van der Waals surface area contributed by atoms with Gasteiger partial charge in [0, 0.05) is 35.3 Å². The molecule has 3 aliphatic heterocycles. The Kier molecular flexibility index (Phi) is 7.69. The van der Waals surface area contributed by atoms with Gasteiger partial charge in [-0.2, -0.15) is 8.78 Å². The molecule has 3 aromatic rings.